The van der Waals surface area contributed by atoms with Crippen LogP contribution in [0.15, 0.2) is 18.2 Å². The van der Waals surface area contributed by atoms with Crippen LogP contribution in [0.3, 0.4) is 0 Å². The van der Waals surface area contributed by atoms with E-state index in [-0.39, 0.29) is 5.91 Å². The lowest BCUT2D eigenvalue weighted by Crippen LogP contribution is -2.48. The minimum atomic E-state index is 0.125. The summed E-state index contributed by atoms with van der Waals surface area (Å²) < 4.78 is 5.15. The van der Waals surface area contributed by atoms with Crippen LogP contribution in [-0.2, 0) is 4.79 Å². The highest BCUT2D eigenvalue weighted by Gasteiger charge is 2.20. The van der Waals surface area contributed by atoms with Crippen molar-refractivity contribution in [3.8, 4) is 5.75 Å². The molecule has 0 atom stereocenters. The highest BCUT2D eigenvalue weighted by molar-refractivity contribution is 5.96. The fourth-order valence-corrected chi connectivity index (χ4v) is 1.92. The van der Waals surface area contributed by atoms with Crippen LogP contribution in [0.5, 0.6) is 5.75 Å². The van der Waals surface area contributed by atoms with Gasteiger partial charge in [-0.3, -0.25) is 4.79 Å². The maximum absolute atomic E-state index is 11.7. The van der Waals surface area contributed by atoms with Crippen molar-refractivity contribution in [2.75, 3.05) is 31.6 Å². The number of nitrogens with one attached hydrogen (secondary N) is 1. The Balaban J connectivity index is 2.28. The van der Waals surface area contributed by atoms with Crippen molar-refractivity contribution in [2.45, 2.75) is 6.92 Å². The second-order valence-corrected chi connectivity index (χ2v) is 3.87. The molecule has 0 saturated carbocycles. The average molecular weight is 220 g/mol. The summed E-state index contributed by atoms with van der Waals surface area (Å²) in [7, 11) is 1.64. The predicted molar refractivity (Wildman–Crippen MR) is 63.0 cm³/mol. The molecule has 1 aromatic rings. The first kappa shape index (κ1) is 11.0. The lowest BCUT2D eigenvalue weighted by atomic mass is 10.1. The molecule has 0 spiro atoms. The third kappa shape index (κ3) is 2.02. The normalized spacial score (nSPS) is 16.4. The van der Waals surface area contributed by atoms with Gasteiger partial charge in [-0.1, -0.05) is 0 Å². The van der Waals surface area contributed by atoms with Gasteiger partial charge >= 0.3 is 0 Å². The number of amides is 1. The third-order valence-corrected chi connectivity index (χ3v) is 2.78. The van der Waals surface area contributed by atoms with Crippen molar-refractivity contribution in [3.05, 3.63) is 23.8 Å². The Hall–Kier alpha value is -1.55. The zero-order chi connectivity index (χ0) is 11.5. The number of carbonyl (C=O) groups is 1. The van der Waals surface area contributed by atoms with Crippen LogP contribution in [0.4, 0.5) is 5.69 Å². The van der Waals surface area contributed by atoms with Crippen LogP contribution in [0.1, 0.15) is 5.56 Å². The highest BCUT2D eigenvalue weighted by atomic mass is 16.5. The standard InChI is InChI=1S/C12H16N2O2/c1-9-7-10(16-2)3-4-11(9)14-6-5-13-8-12(14)15/h3-4,7,13H,5-6,8H2,1-2H3. The summed E-state index contributed by atoms with van der Waals surface area (Å²) in [5.41, 5.74) is 2.04. The number of benzene rings is 1. The Morgan fingerprint density at radius 1 is 1.44 bits per heavy atom. The number of hydrogen-bond acceptors (Lipinski definition) is 3. The van der Waals surface area contributed by atoms with E-state index in [9.17, 15) is 4.79 Å². The predicted octanol–water partition coefficient (Wildman–Crippen LogP) is 0.940. The van der Waals surface area contributed by atoms with Gasteiger partial charge in [0.1, 0.15) is 5.75 Å². The Kier molecular flexibility index (Phi) is 3.10. The molecule has 1 heterocycles. The number of nitrogens with zero attached hydrogens (tertiary/aromatic N) is 1. The van der Waals surface area contributed by atoms with Gasteiger partial charge in [-0.2, -0.15) is 0 Å². The van der Waals surface area contributed by atoms with E-state index in [1.54, 1.807) is 7.11 Å². The Morgan fingerprint density at radius 2 is 2.25 bits per heavy atom. The van der Waals surface area contributed by atoms with E-state index >= 15 is 0 Å². The highest BCUT2D eigenvalue weighted by Crippen LogP contribution is 2.25. The molecule has 1 N–H and O–H groups in total. The summed E-state index contributed by atoms with van der Waals surface area (Å²) in [6, 6.07) is 5.78. The maximum atomic E-state index is 11.7. The van der Waals surface area contributed by atoms with Crippen molar-refractivity contribution in [1.82, 2.24) is 5.32 Å². The lowest BCUT2D eigenvalue weighted by molar-refractivity contribution is -0.118. The SMILES string of the molecule is COc1ccc(N2CCNCC2=O)c(C)c1. The summed E-state index contributed by atoms with van der Waals surface area (Å²) in [5.74, 6) is 0.948. The Morgan fingerprint density at radius 3 is 2.88 bits per heavy atom. The monoisotopic (exact) mass is 220 g/mol. The lowest BCUT2D eigenvalue weighted by Gasteiger charge is -2.28. The van der Waals surface area contributed by atoms with E-state index in [1.807, 2.05) is 30.0 Å². The first-order valence-electron chi connectivity index (χ1n) is 5.38. The maximum Gasteiger partial charge on any atom is 0.240 e. The molecule has 0 aliphatic carbocycles. The number of aryl methyl sites for hydroxylation is 1. The molecule has 4 heteroatoms. The molecule has 1 fully saturated rings. The van der Waals surface area contributed by atoms with Crippen molar-refractivity contribution < 1.29 is 9.53 Å². The van der Waals surface area contributed by atoms with Crippen LogP contribution >= 0.6 is 0 Å². The van der Waals surface area contributed by atoms with E-state index < -0.39 is 0 Å². The molecule has 16 heavy (non-hydrogen) atoms. The Labute approximate surface area is 95.2 Å². The summed E-state index contributed by atoms with van der Waals surface area (Å²) in [5, 5.41) is 3.06. The molecule has 2 rings (SSSR count). The summed E-state index contributed by atoms with van der Waals surface area (Å²) >= 11 is 0. The number of piperazine rings is 1. The van der Waals surface area contributed by atoms with Crippen LogP contribution in [0.25, 0.3) is 0 Å². The van der Waals surface area contributed by atoms with Crippen molar-refractivity contribution in [1.29, 1.82) is 0 Å². The van der Waals surface area contributed by atoms with E-state index in [2.05, 4.69) is 5.32 Å². The minimum Gasteiger partial charge on any atom is -0.497 e. The molecule has 0 unspecified atom stereocenters. The van der Waals surface area contributed by atoms with Gasteiger partial charge in [-0.25, -0.2) is 0 Å². The smallest absolute Gasteiger partial charge is 0.240 e. The summed E-state index contributed by atoms with van der Waals surface area (Å²) in [4.78, 5) is 13.6. The fraction of sp³-hybridized carbons (Fsp3) is 0.417. The topological polar surface area (TPSA) is 41.6 Å². The zero-order valence-electron chi connectivity index (χ0n) is 9.62. The molecule has 1 saturated heterocycles. The van der Waals surface area contributed by atoms with Crippen molar-refractivity contribution >= 4 is 11.6 Å². The van der Waals surface area contributed by atoms with E-state index in [0.29, 0.717) is 6.54 Å². The number of ether oxygens (including phenoxy) is 1. The van der Waals surface area contributed by atoms with Gasteiger partial charge < -0.3 is 15.0 Å². The van der Waals surface area contributed by atoms with Gasteiger partial charge in [-0.15, -0.1) is 0 Å². The molecule has 0 bridgehead atoms. The number of rotatable bonds is 2. The van der Waals surface area contributed by atoms with Gasteiger partial charge in [0, 0.05) is 18.8 Å². The Bertz CT molecular complexity index is 404. The van der Waals surface area contributed by atoms with E-state index in [0.717, 1.165) is 30.1 Å². The van der Waals surface area contributed by atoms with Crippen LogP contribution in [0.2, 0.25) is 0 Å². The molecule has 1 aliphatic heterocycles. The molecule has 1 amide bonds. The van der Waals surface area contributed by atoms with Gasteiger partial charge in [0.15, 0.2) is 0 Å². The number of methoxy groups -OCH3 is 1. The summed E-state index contributed by atoms with van der Waals surface area (Å²) in [6.45, 7) is 3.99. The van der Waals surface area contributed by atoms with Gasteiger partial charge in [0.05, 0.1) is 13.7 Å². The largest absolute Gasteiger partial charge is 0.497 e. The molecule has 4 nitrogen and oxygen atoms in total. The molecule has 0 aromatic heterocycles. The van der Waals surface area contributed by atoms with Crippen LogP contribution in [-0.4, -0.2) is 32.7 Å². The molecule has 1 aromatic carbocycles. The molecular formula is C12H16N2O2. The van der Waals surface area contributed by atoms with Crippen LogP contribution < -0.4 is 15.0 Å². The van der Waals surface area contributed by atoms with Gasteiger partial charge in [0.25, 0.3) is 0 Å². The molecule has 1 aliphatic rings. The second-order valence-electron chi connectivity index (χ2n) is 3.87. The molecular weight excluding hydrogens is 204 g/mol. The first-order chi connectivity index (χ1) is 7.72. The third-order valence-electron chi connectivity index (χ3n) is 2.78. The summed E-state index contributed by atoms with van der Waals surface area (Å²) in [6.07, 6.45) is 0. The number of carbonyl (C=O) groups excluding carboxylic acids is 1. The van der Waals surface area contributed by atoms with Gasteiger partial charge in [-0.05, 0) is 30.7 Å². The average Bonchev–Trinajstić information content (AvgIpc) is 2.30. The minimum absolute atomic E-state index is 0.125. The number of anilines is 1. The fourth-order valence-electron chi connectivity index (χ4n) is 1.92. The zero-order valence-corrected chi connectivity index (χ0v) is 9.62. The second kappa shape index (κ2) is 4.53. The molecule has 86 valence electrons. The van der Waals surface area contributed by atoms with Crippen molar-refractivity contribution in [2.24, 2.45) is 0 Å². The first-order valence-corrected chi connectivity index (χ1v) is 5.38. The van der Waals surface area contributed by atoms with Gasteiger partial charge in [0.2, 0.25) is 5.91 Å². The number of hydrogen-bond donors (Lipinski definition) is 1. The van der Waals surface area contributed by atoms with E-state index in [4.69, 9.17) is 4.74 Å². The quantitative estimate of drug-likeness (QED) is 0.806. The molecule has 0 radical (unpaired) electrons. The van der Waals surface area contributed by atoms with Crippen LogP contribution in [0, 0.1) is 6.92 Å². The van der Waals surface area contributed by atoms with E-state index in [1.165, 1.54) is 0 Å². The van der Waals surface area contributed by atoms with Crippen molar-refractivity contribution in [3.63, 3.8) is 0 Å².